The van der Waals surface area contributed by atoms with Crippen LogP contribution < -0.4 is 4.90 Å². The minimum absolute atomic E-state index is 0.0268. The molecule has 0 saturated carbocycles. The van der Waals surface area contributed by atoms with E-state index in [2.05, 4.69) is 17.0 Å². The maximum absolute atomic E-state index is 10.9. The van der Waals surface area contributed by atoms with Gasteiger partial charge in [-0.25, -0.2) is 4.79 Å². The van der Waals surface area contributed by atoms with Crippen LogP contribution in [0.5, 0.6) is 5.75 Å². The minimum atomic E-state index is -1.03. The average Bonchev–Trinajstić information content (AvgIpc) is 2.55. The van der Waals surface area contributed by atoms with Crippen molar-refractivity contribution in [3.8, 4) is 5.75 Å². The van der Waals surface area contributed by atoms with E-state index in [1.807, 2.05) is 32.3 Å². The normalized spacial score (nSPS) is 9.83. The Labute approximate surface area is 135 Å². The van der Waals surface area contributed by atoms with Gasteiger partial charge in [0.15, 0.2) is 0 Å². The Balaban J connectivity index is 0.000000185. The number of carboxylic acids is 1. The van der Waals surface area contributed by atoms with Crippen LogP contribution in [0.1, 0.15) is 10.4 Å². The molecule has 0 amide bonds. The second kappa shape index (κ2) is 7.31. The molecule has 3 rings (SSSR count). The number of rotatable bonds is 2. The molecule has 0 fully saturated rings. The van der Waals surface area contributed by atoms with Crippen molar-refractivity contribution in [3.05, 3.63) is 72.3 Å². The summed E-state index contributed by atoms with van der Waals surface area (Å²) in [6.45, 7) is 0. The van der Waals surface area contributed by atoms with Crippen molar-refractivity contribution in [2.75, 3.05) is 19.0 Å². The predicted molar refractivity (Wildman–Crippen MR) is 93.3 cm³/mol. The van der Waals surface area contributed by atoms with Crippen LogP contribution in [-0.2, 0) is 0 Å². The van der Waals surface area contributed by atoms with E-state index in [0.29, 0.717) is 5.39 Å². The van der Waals surface area contributed by atoms with Gasteiger partial charge in [-0.3, -0.25) is 0 Å². The molecule has 0 aliphatic carbocycles. The van der Waals surface area contributed by atoms with Gasteiger partial charge in [0.2, 0.25) is 0 Å². The van der Waals surface area contributed by atoms with Gasteiger partial charge in [0, 0.05) is 19.8 Å². The van der Waals surface area contributed by atoms with Crippen LogP contribution in [0.2, 0.25) is 0 Å². The molecule has 0 aliphatic rings. The number of fused-ring (bicyclic) bond motifs is 1. The molecule has 118 valence electrons. The Hall–Kier alpha value is -3.01. The molecule has 0 heterocycles. The Morgan fingerprint density at radius 3 is 2.09 bits per heavy atom. The smallest absolute Gasteiger partial charge is 0.336 e. The molecule has 4 nitrogen and oxygen atoms in total. The van der Waals surface area contributed by atoms with E-state index in [1.54, 1.807) is 30.3 Å². The second-order valence-corrected chi connectivity index (χ2v) is 5.25. The maximum atomic E-state index is 10.9. The summed E-state index contributed by atoms with van der Waals surface area (Å²) in [5, 5.41) is 19.6. The van der Waals surface area contributed by atoms with Gasteiger partial charge < -0.3 is 15.1 Å². The number of phenolic OH excluding ortho intramolecular Hbond substituents is 1. The van der Waals surface area contributed by atoms with Crippen LogP contribution >= 0.6 is 0 Å². The van der Waals surface area contributed by atoms with Crippen molar-refractivity contribution >= 4 is 22.4 Å². The number of nitrogens with zero attached hydrogens (tertiary/aromatic N) is 1. The molecular weight excluding hydrogens is 290 g/mol. The molecule has 0 atom stereocenters. The first-order chi connectivity index (χ1) is 11.0. The molecular formula is C19H19NO3. The van der Waals surface area contributed by atoms with Crippen molar-refractivity contribution in [2.24, 2.45) is 0 Å². The topological polar surface area (TPSA) is 60.8 Å². The highest BCUT2D eigenvalue weighted by Crippen LogP contribution is 2.24. The van der Waals surface area contributed by atoms with Crippen molar-refractivity contribution in [1.82, 2.24) is 0 Å². The number of hydrogen-bond acceptors (Lipinski definition) is 3. The van der Waals surface area contributed by atoms with Gasteiger partial charge in [0.25, 0.3) is 0 Å². The summed E-state index contributed by atoms with van der Waals surface area (Å²) < 4.78 is 0. The van der Waals surface area contributed by atoms with E-state index in [1.165, 1.54) is 11.8 Å². The van der Waals surface area contributed by atoms with E-state index in [9.17, 15) is 9.90 Å². The van der Waals surface area contributed by atoms with Gasteiger partial charge in [0.1, 0.15) is 5.75 Å². The lowest BCUT2D eigenvalue weighted by Crippen LogP contribution is -2.07. The van der Waals surface area contributed by atoms with Crippen LogP contribution in [0.25, 0.3) is 10.8 Å². The van der Waals surface area contributed by atoms with E-state index >= 15 is 0 Å². The molecule has 23 heavy (non-hydrogen) atoms. The van der Waals surface area contributed by atoms with Crippen molar-refractivity contribution < 1.29 is 15.0 Å². The summed E-state index contributed by atoms with van der Waals surface area (Å²) in [6.07, 6.45) is 0. The molecule has 4 heteroatoms. The molecule has 0 bridgehead atoms. The Bertz CT molecular complexity index is 798. The summed E-state index contributed by atoms with van der Waals surface area (Å²) in [6, 6.07) is 20.1. The Kier molecular flexibility index (Phi) is 5.20. The quantitative estimate of drug-likeness (QED) is 0.751. The van der Waals surface area contributed by atoms with Crippen LogP contribution in [0.3, 0.4) is 0 Å². The number of carbonyl (C=O) groups is 1. The zero-order chi connectivity index (χ0) is 16.8. The summed E-state index contributed by atoms with van der Waals surface area (Å²) in [7, 11) is 4.07. The van der Waals surface area contributed by atoms with Crippen molar-refractivity contribution in [2.45, 2.75) is 0 Å². The van der Waals surface area contributed by atoms with Crippen LogP contribution in [-0.4, -0.2) is 30.3 Å². The molecule has 0 aliphatic heterocycles. The first-order valence-electron chi connectivity index (χ1n) is 7.16. The number of hydrogen-bond donors (Lipinski definition) is 2. The SMILES string of the molecule is CN(C)c1ccccc1.O=C(O)c1cc(O)cc2ccccc12. The molecule has 0 spiro atoms. The standard InChI is InChI=1S/C11H8O3.C8H11N/c12-8-5-7-3-1-2-4-9(7)10(6-8)11(13)14;1-9(2)8-6-4-3-5-7-8/h1-6,12H,(H,13,14);3-7H,1-2H3. The highest BCUT2D eigenvalue weighted by atomic mass is 16.4. The van der Waals surface area contributed by atoms with E-state index in [0.717, 1.165) is 5.39 Å². The molecule has 0 saturated heterocycles. The van der Waals surface area contributed by atoms with Gasteiger partial charge in [-0.15, -0.1) is 0 Å². The zero-order valence-electron chi connectivity index (χ0n) is 13.1. The van der Waals surface area contributed by atoms with Crippen LogP contribution in [0, 0.1) is 0 Å². The number of para-hydroxylation sites is 1. The lowest BCUT2D eigenvalue weighted by atomic mass is 10.0. The van der Waals surface area contributed by atoms with Gasteiger partial charge >= 0.3 is 5.97 Å². The Morgan fingerprint density at radius 2 is 1.52 bits per heavy atom. The third-order valence-corrected chi connectivity index (χ3v) is 3.35. The molecule has 2 N–H and O–H groups in total. The molecule has 3 aromatic rings. The largest absolute Gasteiger partial charge is 0.508 e. The molecule has 0 radical (unpaired) electrons. The first kappa shape index (κ1) is 16.4. The van der Waals surface area contributed by atoms with Crippen molar-refractivity contribution in [1.29, 1.82) is 0 Å². The van der Waals surface area contributed by atoms with E-state index < -0.39 is 5.97 Å². The zero-order valence-corrected chi connectivity index (χ0v) is 13.1. The summed E-state index contributed by atoms with van der Waals surface area (Å²) in [5.41, 5.74) is 1.37. The monoisotopic (exact) mass is 309 g/mol. The summed E-state index contributed by atoms with van der Waals surface area (Å²) >= 11 is 0. The third kappa shape index (κ3) is 4.23. The summed E-state index contributed by atoms with van der Waals surface area (Å²) in [4.78, 5) is 12.9. The van der Waals surface area contributed by atoms with Crippen LogP contribution in [0.15, 0.2) is 66.7 Å². The predicted octanol–water partition coefficient (Wildman–Crippen LogP) is 4.00. The number of carboxylic acid groups (broad SMARTS) is 1. The number of anilines is 1. The highest BCUT2D eigenvalue weighted by molar-refractivity contribution is 6.04. The maximum Gasteiger partial charge on any atom is 0.336 e. The van der Waals surface area contributed by atoms with Gasteiger partial charge in [-0.1, -0.05) is 42.5 Å². The minimum Gasteiger partial charge on any atom is -0.508 e. The number of phenols is 1. The van der Waals surface area contributed by atoms with Crippen LogP contribution in [0.4, 0.5) is 5.69 Å². The van der Waals surface area contributed by atoms with E-state index in [4.69, 9.17) is 5.11 Å². The number of aromatic carboxylic acids is 1. The average molecular weight is 309 g/mol. The fourth-order valence-electron chi connectivity index (χ4n) is 2.20. The Morgan fingerprint density at radius 1 is 0.913 bits per heavy atom. The fourth-order valence-corrected chi connectivity index (χ4v) is 2.20. The molecule has 0 unspecified atom stereocenters. The summed E-state index contributed by atoms with van der Waals surface area (Å²) in [5.74, 6) is -1.06. The lowest BCUT2D eigenvalue weighted by molar-refractivity contribution is 0.0698. The molecule has 3 aromatic carbocycles. The van der Waals surface area contributed by atoms with Gasteiger partial charge in [-0.2, -0.15) is 0 Å². The third-order valence-electron chi connectivity index (χ3n) is 3.35. The fraction of sp³-hybridized carbons (Fsp3) is 0.105. The lowest BCUT2D eigenvalue weighted by Gasteiger charge is -2.10. The highest BCUT2D eigenvalue weighted by Gasteiger charge is 2.09. The van der Waals surface area contributed by atoms with Gasteiger partial charge in [0.05, 0.1) is 5.56 Å². The van der Waals surface area contributed by atoms with Crippen molar-refractivity contribution in [3.63, 3.8) is 0 Å². The number of aromatic hydroxyl groups is 1. The van der Waals surface area contributed by atoms with Gasteiger partial charge in [-0.05, 0) is 35.0 Å². The number of benzene rings is 3. The first-order valence-corrected chi connectivity index (χ1v) is 7.16. The molecule has 0 aromatic heterocycles. The van der Waals surface area contributed by atoms with E-state index in [-0.39, 0.29) is 11.3 Å². The second-order valence-electron chi connectivity index (χ2n) is 5.25.